The summed E-state index contributed by atoms with van der Waals surface area (Å²) in [7, 11) is 0. The SMILES string of the molecule is CCN1CCC2(CC1)CCN(C(C)(C)/C=C/N)C2. The Morgan fingerprint density at radius 1 is 1.17 bits per heavy atom. The third kappa shape index (κ3) is 2.72. The largest absolute Gasteiger partial charge is 0.405 e. The Morgan fingerprint density at radius 3 is 2.33 bits per heavy atom. The van der Waals surface area contributed by atoms with Gasteiger partial charge in [-0.25, -0.2) is 0 Å². The molecule has 2 heterocycles. The molecule has 0 aromatic rings. The molecule has 0 unspecified atom stereocenters. The van der Waals surface area contributed by atoms with Crippen LogP contribution in [0.1, 0.15) is 40.0 Å². The number of piperidine rings is 1. The van der Waals surface area contributed by atoms with Gasteiger partial charge in [0, 0.05) is 12.1 Å². The molecule has 0 radical (unpaired) electrons. The zero-order chi connectivity index (χ0) is 13.2. The monoisotopic (exact) mass is 251 g/mol. The summed E-state index contributed by atoms with van der Waals surface area (Å²) < 4.78 is 0. The molecule has 3 heteroatoms. The Balaban J connectivity index is 1.96. The molecule has 0 saturated carbocycles. The van der Waals surface area contributed by atoms with Crippen LogP contribution in [0.15, 0.2) is 12.3 Å². The molecular weight excluding hydrogens is 222 g/mol. The second-order valence-electron chi connectivity index (χ2n) is 6.62. The summed E-state index contributed by atoms with van der Waals surface area (Å²) >= 11 is 0. The molecule has 2 N–H and O–H groups in total. The van der Waals surface area contributed by atoms with E-state index in [2.05, 4.69) is 36.6 Å². The van der Waals surface area contributed by atoms with Gasteiger partial charge in [0.05, 0.1) is 0 Å². The second kappa shape index (κ2) is 5.22. The average Bonchev–Trinajstić information content (AvgIpc) is 2.75. The summed E-state index contributed by atoms with van der Waals surface area (Å²) in [6.45, 7) is 13.1. The van der Waals surface area contributed by atoms with Crippen molar-refractivity contribution in [2.75, 3.05) is 32.7 Å². The number of hydrogen-bond acceptors (Lipinski definition) is 3. The van der Waals surface area contributed by atoms with E-state index in [1.165, 1.54) is 52.0 Å². The van der Waals surface area contributed by atoms with Gasteiger partial charge in [0.25, 0.3) is 0 Å². The first-order valence-corrected chi connectivity index (χ1v) is 7.38. The molecular formula is C15H29N3. The molecule has 2 aliphatic rings. The summed E-state index contributed by atoms with van der Waals surface area (Å²) in [6, 6.07) is 0. The molecule has 104 valence electrons. The average molecular weight is 251 g/mol. The van der Waals surface area contributed by atoms with Gasteiger partial charge in [-0.05, 0) is 77.0 Å². The van der Waals surface area contributed by atoms with Gasteiger partial charge in [-0.1, -0.05) is 6.92 Å². The van der Waals surface area contributed by atoms with E-state index in [0.717, 1.165) is 0 Å². The highest BCUT2D eigenvalue weighted by Gasteiger charge is 2.43. The minimum Gasteiger partial charge on any atom is -0.405 e. The van der Waals surface area contributed by atoms with Gasteiger partial charge >= 0.3 is 0 Å². The lowest BCUT2D eigenvalue weighted by molar-refractivity contribution is 0.0971. The van der Waals surface area contributed by atoms with Crippen molar-refractivity contribution in [1.29, 1.82) is 0 Å². The first-order chi connectivity index (χ1) is 8.51. The highest BCUT2D eigenvalue weighted by Crippen LogP contribution is 2.42. The van der Waals surface area contributed by atoms with E-state index >= 15 is 0 Å². The van der Waals surface area contributed by atoms with Crippen molar-refractivity contribution in [3.63, 3.8) is 0 Å². The molecule has 0 aliphatic carbocycles. The van der Waals surface area contributed by atoms with Crippen LogP contribution in [-0.4, -0.2) is 48.1 Å². The molecule has 3 nitrogen and oxygen atoms in total. The fraction of sp³-hybridized carbons (Fsp3) is 0.867. The smallest absolute Gasteiger partial charge is 0.0351 e. The van der Waals surface area contributed by atoms with Gasteiger partial charge in [0.2, 0.25) is 0 Å². The molecule has 2 aliphatic heterocycles. The van der Waals surface area contributed by atoms with Crippen molar-refractivity contribution < 1.29 is 0 Å². The van der Waals surface area contributed by atoms with Crippen LogP contribution in [0.2, 0.25) is 0 Å². The maximum absolute atomic E-state index is 5.57. The Bertz CT molecular complexity index is 301. The lowest BCUT2D eigenvalue weighted by atomic mass is 9.77. The first kappa shape index (κ1) is 13.9. The van der Waals surface area contributed by atoms with E-state index < -0.39 is 0 Å². The predicted octanol–water partition coefficient (Wildman–Crippen LogP) is 2.05. The van der Waals surface area contributed by atoms with Crippen LogP contribution in [0.5, 0.6) is 0 Å². The fourth-order valence-electron chi connectivity index (χ4n) is 3.52. The Kier molecular flexibility index (Phi) is 4.02. The lowest BCUT2D eigenvalue weighted by Crippen LogP contribution is -2.45. The predicted molar refractivity (Wildman–Crippen MR) is 77.4 cm³/mol. The van der Waals surface area contributed by atoms with E-state index in [4.69, 9.17) is 5.73 Å². The maximum atomic E-state index is 5.57. The van der Waals surface area contributed by atoms with E-state index in [9.17, 15) is 0 Å². The number of nitrogens with zero attached hydrogens (tertiary/aromatic N) is 2. The molecule has 1 spiro atoms. The van der Waals surface area contributed by atoms with Gasteiger partial charge in [-0.15, -0.1) is 0 Å². The molecule has 18 heavy (non-hydrogen) atoms. The summed E-state index contributed by atoms with van der Waals surface area (Å²) in [5, 5.41) is 0. The van der Waals surface area contributed by atoms with Crippen LogP contribution >= 0.6 is 0 Å². The third-order valence-electron chi connectivity index (χ3n) is 5.12. The van der Waals surface area contributed by atoms with Crippen LogP contribution in [0.3, 0.4) is 0 Å². The molecule has 0 atom stereocenters. The van der Waals surface area contributed by atoms with Crippen LogP contribution in [0, 0.1) is 5.41 Å². The van der Waals surface area contributed by atoms with Crippen molar-refractivity contribution in [2.24, 2.45) is 11.1 Å². The topological polar surface area (TPSA) is 32.5 Å². The minimum absolute atomic E-state index is 0.111. The molecule has 2 fully saturated rings. The molecule has 2 rings (SSSR count). The summed E-state index contributed by atoms with van der Waals surface area (Å²) in [6.07, 6.45) is 7.95. The Morgan fingerprint density at radius 2 is 1.78 bits per heavy atom. The normalized spacial score (nSPS) is 26.4. The van der Waals surface area contributed by atoms with Gasteiger partial charge in [0.15, 0.2) is 0 Å². The maximum Gasteiger partial charge on any atom is 0.0351 e. The Labute approximate surface area is 112 Å². The van der Waals surface area contributed by atoms with Crippen molar-refractivity contribution in [3.05, 3.63) is 12.3 Å². The van der Waals surface area contributed by atoms with E-state index in [1.807, 2.05) is 0 Å². The third-order valence-corrected chi connectivity index (χ3v) is 5.12. The number of likely N-dealkylation sites (tertiary alicyclic amines) is 2. The fourth-order valence-corrected chi connectivity index (χ4v) is 3.52. The van der Waals surface area contributed by atoms with Gasteiger partial charge in [-0.2, -0.15) is 0 Å². The van der Waals surface area contributed by atoms with E-state index in [1.54, 1.807) is 6.20 Å². The van der Waals surface area contributed by atoms with Crippen LogP contribution in [0.25, 0.3) is 0 Å². The van der Waals surface area contributed by atoms with Crippen molar-refractivity contribution in [1.82, 2.24) is 9.80 Å². The van der Waals surface area contributed by atoms with Crippen molar-refractivity contribution in [2.45, 2.75) is 45.6 Å². The highest BCUT2D eigenvalue weighted by molar-refractivity contribution is 5.06. The summed E-state index contributed by atoms with van der Waals surface area (Å²) in [5.41, 5.74) is 6.27. The van der Waals surface area contributed by atoms with E-state index in [0.29, 0.717) is 5.41 Å². The Hall–Kier alpha value is -0.540. The molecule has 0 aromatic carbocycles. The minimum atomic E-state index is 0.111. The summed E-state index contributed by atoms with van der Waals surface area (Å²) in [4.78, 5) is 5.19. The van der Waals surface area contributed by atoms with Crippen LogP contribution < -0.4 is 5.73 Å². The van der Waals surface area contributed by atoms with Gasteiger partial charge < -0.3 is 10.6 Å². The zero-order valence-electron chi connectivity index (χ0n) is 12.3. The van der Waals surface area contributed by atoms with Gasteiger partial charge in [-0.3, -0.25) is 4.90 Å². The number of nitrogens with two attached hydrogens (primary N) is 1. The molecule has 0 bridgehead atoms. The van der Waals surface area contributed by atoms with Crippen LogP contribution in [-0.2, 0) is 0 Å². The standard InChI is InChI=1S/C15H29N3/c1-4-17-10-6-15(7-11-17)8-12-18(13-15)14(2,3)5-9-16/h5,9H,4,6-8,10-13,16H2,1-3H3/b9-5+. The summed E-state index contributed by atoms with van der Waals surface area (Å²) in [5.74, 6) is 0. The zero-order valence-corrected chi connectivity index (χ0v) is 12.3. The number of hydrogen-bond donors (Lipinski definition) is 1. The molecule has 0 aromatic heterocycles. The molecule has 2 saturated heterocycles. The van der Waals surface area contributed by atoms with Crippen molar-refractivity contribution >= 4 is 0 Å². The highest BCUT2D eigenvalue weighted by atomic mass is 15.2. The first-order valence-electron chi connectivity index (χ1n) is 7.38. The van der Waals surface area contributed by atoms with E-state index in [-0.39, 0.29) is 5.54 Å². The quantitative estimate of drug-likeness (QED) is 0.833. The van der Waals surface area contributed by atoms with Gasteiger partial charge in [0.1, 0.15) is 0 Å². The van der Waals surface area contributed by atoms with Crippen LogP contribution in [0.4, 0.5) is 0 Å². The number of rotatable bonds is 3. The lowest BCUT2D eigenvalue weighted by Gasteiger charge is -2.40. The second-order valence-corrected chi connectivity index (χ2v) is 6.62. The molecule has 0 amide bonds. The van der Waals surface area contributed by atoms with Crippen molar-refractivity contribution in [3.8, 4) is 0 Å².